The molecule has 0 bridgehead atoms. The molecule has 0 radical (unpaired) electrons. The first-order valence-corrected chi connectivity index (χ1v) is 9.72. The van der Waals surface area contributed by atoms with Crippen LogP contribution in [0, 0.1) is 0 Å². The van der Waals surface area contributed by atoms with Gasteiger partial charge in [0.15, 0.2) is 0 Å². The summed E-state index contributed by atoms with van der Waals surface area (Å²) in [6.45, 7) is 8.48. The molecule has 138 valence electrons. The maximum atomic E-state index is 5.45. The van der Waals surface area contributed by atoms with Crippen molar-refractivity contribution < 1.29 is 4.74 Å². The van der Waals surface area contributed by atoms with E-state index < -0.39 is 0 Å². The van der Waals surface area contributed by atoms with Crippen LogP contribution in [0.5, 0.6) is 0 Å². The van der Waals surface area contributed by atoms with E-state index in [4.69, 9.17) is 4.74 Å². The summed E-state index contributed by atoms with van der Waals surface area (Å²) in [6.07, 6.45) is 1.16. The Bertz CT molecular complexity index is 713. The smallest absolute Gasteiger partial charge is 0.0594 e. The number of anilines is 2. The Morgan fingerprint density at radius 3 is 2.42 bits per heavy atom. The summed E-state index contributed by atoms with van der Waals surface area (Å²) in [6, 6.07) is 17.5. The first-order valence-electron chi connectivity index (χ1n) is 9.72. The van der Waals surface area contributed by atoms with Gasteiger partial charge in [-0.2, -0.15) is 0 Å². The highest BCUT2D eigenvalue weighted by Gasteiger charge is 2.19. The Morgan fingerprint density at radius 1 is 0.846 bits per heavy atom. The van der Waals surface area contributed by atoms with Crippen LogP contribution in [0.2, 0.25) is 0 Å². The van der Waals surface area contributed by atoms with Crippen LogP contribution in [0.25, 0.3) is 0 Å². The van der Waals surface area contributed by atoms with Gasteiger partial charge in [-0.25, -0.2) is 0 Å². The van der Waals surface area contributed by atoms with E-state index in [0.29, 0.717) is 0 Å². The molecule has 2 aromatic rings. The van der Waals surface area contributed by atoms with Crippen molar-refractivity contribution in [3.63, 3.8) is 0 Å². The summed E-state index contributed by atoms with van der Waals surface area (Å²) in [7, 11) is 2.15. The first-order chi connectivity index (χ1) is 12.8. The van der Waals surface area contributed by atoms with Crippen LogP contribution in [0.4, 0.5) is 11.4 Å². The fourth-order valence-corrected chi connectivity index (χ4v) is 3.91. The fraction of sp³-hybridized carbons (Fsp3) is 0.455. The first kappa shape index (κ1) is 17.5. The van der Waals surface area contributed by atoms with Crippen molar-refractivity contribution in [3.05, 3.63) is 59.7 Å². The van der Waals surface area contributed by atoms with Gasteiger partial charge in [0.1, 0.15) is 0 Å². The number of para-hydroxylation sites is 1. The van der Waals surface area contributed by atoms with Gasteiger partial charge in [0.2, 0.25) is 0 Å². The lowest BCUT2D eigenvalue weighted by Crippen LogP contribution is -2.42. The molecule has 0 amide bonds. The van der Waals surface area contributed by atoms with Crippen molar-refractivity contribution in [2.45, 2.75) is 13.0 Å². The molecule has 0 saturated carbocycles. The molecule has 0 aliphatic carbocycles. The third-order valence-electron chi connectivity index (χ3n) is 5.65. The van der Waals surface area contributed by atoms with E-state index in [-0.39, 0.29) is 0 Å². The second kappa shape index (κ2) is 8.21. The zero-order chi connectivity index (χ0) is 17.8. The molecule has 0 aromatic heterocycles. The van der Waals surface area contributed by atoms with Crippen molar-refractivity contribution in [2.75, 3.05) is 57.9 Å². The molecule has 0 atom stereocenters. The molecule has 2 aliphatic rings. The Morgan fingerprint density at radius 2 is 1.62 bits per heavy atom. The lowest BCUT2D eigenvalue weighted by molar-refractivity contribution is 0.0327. The molecule has 0 unspecified atom stereocenters. The van der Waals surface area contributed by atoms with E-state index >= 15 is 0 Å². The van der Waals surface area contributed by atoms with Gasteiger partial charge in [-0.15, -0.1) is 0 Å². The van der Waals surface area contributed by atoms with E-state index in [9.17, 15) is 0 Å². The molecule has 0 N–H and O–H groups in total. The van der Waals surface area contributed by atoms with Crippen LogP contribution in [0.15, 0.2) is 48.5 Å². The number of hydrogen-bond donors (Lipinski definition) is 0. The Kier molecular flexibility index (Phi) is 5.54. The van der Waals surface area contributed by atoms with E-state index in [1.54, 1.807) is 0 Å². The minimum absolute atomic E-state index is 0.887. The van der Waals surface area contributed by atoms with Gasteiger partial charge < -0.3 is 9.64 Å². The molecule has 2 heterocycles. The molecular formula is C22H29N3O. The highest BCUT2D eigenvalue weighted by molar-refractivity contribution is 5.63. The molecule has 2 aliphatic heterocycles. The Balaban J connectivity index is 1.41. The summed E-state index contributed by atoms with van der Waals surface area (Å²) < 4.78 is 5.45. The standard InChI is InChI=1S/C22H29N3O/c1-23(21-5-3-2-4-6-21)22-8-7-19-9-10-25(18-20(19)17-22)12-11-24-13-15-26-16-14-24/h2-8,17H,9-16,18H2,1H3. The summed E-state index contributed by atoms with van der Waals surface area (Å²) in [5, 5.41) is 0. The monoisotopic (exact) mass is 351 g/mol. The second-order valence-corrected chi connectivity index (χ2v) is 7.33. The van der Waals surface area contributed by atoms with Gasteiger partial charge in [0, 0.05) is 57.7 Å². The highest BCUT2D eigenvalue weighted by atomic mass is 16.5. The molecule has 4 heteroatoms. The van der Waals surface area contributed by atoms with Crippen molar-refractivity contribution in [2.24, 2.45) is 0 Å². The zero-order valence-corrected chi connectivity index (χ0v) is 15.7. The minimum Gasteiger partial charge on any atom is -0.379 e. The van der Waals surface area contributed by atoms with Gasteiger partial charge >= 0.3 is 0 Å². The summed E-state index contributed by atoms with van der Waals surface area (Å²) in [5.74, 6) is 0. The van der Waals surface area contributed by atoms with Gasteiger partial charge in [-0.3, -0.25) is 9.80 Å². The van der Waals surface area contributed by atoms with E-state index in [1.165, 1.54) is 29.0 Å². The second-order valence-electron chi connectivity index (χ2n) is 7.33. The molecule has 1 fully saturated rings. The molecule has 2 aromatic carbocycles. The zero-order valence-electron chi connectivity index (χ0n) is 15.7. The van der Waals surface area contributed by atoms with E-state index in [0.717, 1.165) is 52.4 Å². The third kappa shape index (κ3) is 4.09. The van der Waals surface area contributed by atoms with Crippen LogP contribution in [-0.2, 0) is 17.7 Å². The number of hydrogen-bond acceptors (Lipinski definition) is 4. The minimum atomic E-state index is 0.887. The molecular weight excluding hydrogens is 322 g/mol. The predicted molar refractivity (Wildman–Crippen MR) is 107 cm³/mol. The Hall–Kier alpha value is -1.88. The number of rotatable bonds is 5. The number of benzene rings is 2. The lowest BCUT2D eigenvalue weighted by Gasteiger charge is -2.33. The quantitative estimate of drug-likeness (QED) is 0.824. The maximum absolute atomic E-state index is 5.45. The topological polar surface area (TPSA) is 19.0 Å². The van der Waals surface area contributed by atoms with Crippen LogP contribution >= 0.6 is 0 Å². The van der Waals surface area contributed by atoms with Crippen LogP contribution < -0.4 is 4.90 Å². The summed E-state index contributed by atoms with van der Waals surface area (Å²) in [5.41, 5.74) is 5.49. The number of morpholine rings is 1. The largest absolute Gasteiger partial charge is 0.379 e. The van der Waals surface area contributed by atoms with Crippen molar-refractivity contribution in [1.29, 1.82) is 0 Å². The van der Waals surface area contributed by atoms with Gasteiger partial charge in [-0.1, -0.05) is 24.3 Å². The normalized spacial score (nSPS) is 18.5. The van der Waals surface area contributed by atoms with Crippen molar-refractivity contribution in [1.82, 2.24) is 9.80 Å². The molecule has 26 heavy (non-hydrogen) atoms. The summed E-state index contributed by atoms with van der Waals surface area (Å²) >= 11 is 0. The average Bonchev–Trinajstić information content (AvgIpc) is 2.72. The van der Waals surface area contributed by atoms with Gasteiger partial charge in [0.25, 0.3) is 0 Å². The van der Waals surface area contributed by atoms with Crippen LogP contribution in [-0.4, -0.2) is 62.8 Å². The molecule has 1 saturated heterocycles. The number of fused-ring (bicyclic) bond motifs is 1. The molecule has 4 rings (SSSR count). The summed E-state index contributed by atoms with van der Waals surface area (Å²) in [4.78, 5) is 7.40. The highest BCUT2D eigenvalue weighted by Crippen LogP contribution is 2.28. The Labute approximate surface area is 157 Å². The van der Waals surface area contributed by atoms with Crippen molar-refractivity contribution >= 4 is 11.4 Å². The number of ether oxygens (including phenoxy) is 1. The molecule has 4 nitrogen and oxygen atoms in total. The average molecular weight is 351 g/mol. The van der Waals surface area contributed by atoms with Crippen LogP contribution in [0.3, 0.4) is 0 Å². The van der Waals surface area contributed by atoms with Gasteiger partial charge in [-0.05, 0) is 41.8 Å². The third-order valence-corrected chi connectivity index (χ3v) is 5.65. The number of nitrogens with zero attached hydrogens (tertiary/aromatic N) is 3. The van der Waals surface area contributed by atoms with E-state index in [1.807, 2.05) is 0 Å². The SMILES string of the molecule is CN(c1ccccc1)c1ccc2c(c1)CN(CCN1CCOCC1)CC2. The maximum Gasteiger partial charge on any atom is 0.0594 e. The van der Waals surface area contributed by atoms with E-state index in [2.05, 4.69) is 70.3 Å². The fourth-order valence-electron chi connectivity index (χ4n) is 3.91. The van der Waals surface area contributed by atoms with Gasteiger partial charge in [0.05, 0.1) is 13.2 Å². The lowest BCUT2D eigenvalue weighted by atomic mass is 9.98. The molecule has 0 spiro atoms. The predicted octanol–water partition coefficient (Wildman–Crippen LogP) is 3.14. The van der Waals surface area contributed by atoms with Crippen LogP contribution in [0.1, 0.15) is 11.1 Å². The van der Waals surface area contributed by atoms with Crippen molar-refractivity contribution in [3.8, 4) is 0 Å².